The largest absolute Gasteiger partial charge is 0.493 e. The average molecular weight is 531 g/mol. The van der Waals surface area contributed by atoms with Gasteiger partial charge in [-0.15, -0.1) is 0 Å². The van der Waals surface area contributed by atoms with E-state index in [2.05, 4.69) is 15.9 Å². The van der Waals surface area contributed by atoms with Crippen LogP contribution in [0.1, 0.15) is 24.5 Å². The Labute approximate surface area is 197 Å². The lowest BCUT2D eigenvalue weighted by atomic mass is 10.1. The number of benzene rings is 2. The average Bonchev–Trinajstić information content (AvgIpc) is 2.97. The minimum absolute atomic E-state index is 0.249. The van der Waals surface area contributed by atoms with Crippen molar-refractivity contribution in [2.24, 2.45) is 0 Å². The Balaban J connectivity index is 1.83. The molecule has 0 unspecified atom stereocenters. The molecule has 30 heavy (non-hydrogen) atoms. The van der Waals surface area contributed by atoms with Crippen LogP contribution in [0, 0.1) is 0 Å². The lowest BCUT2D eigenvalue weighted by Crippen LogP contribution is -2.28. The highest BCUT2D eigenvalue weighted by Gasteiger charge is 2.34. The number of amides is 2. The topological polar surface area (TPSA) is 55.8 Å². The minimum atomic E-state index is -0.276. The molecule has 0 N–H and O–H groups in total. The number of thioether (sulfide) groups is 1. The Morgan fingerprint density at radius 1 is 1.17 bits per heavy atom. The van der Waals surface area contributed by atoms with E-state index in [4.69, 9.17) is 32.7 Å². The maximum atomic E-state index is 12.5. The molecule has 0 aliphatic carbocycles. The third-order valence-corrected chi connectivity index (χ3v) is 6.47. The summed E-state index contributed by atoms with van der Waals surface area (Å²) in [6, 6.07) is 8.84. The van der Waals surface area contributed by atoms with Gasteiger partial charge in [-0.1, -0.05) is 36.2 Å². The SMILES string of the molecule is CCCN1C(=O)S/C(=C/c2cc(Br)c(OCc3ccc(Cl)c(Cl)c3)c(OC)c2)C1=O. The van der Waals surface area contributed by atoms with Crippen molar-refractivity contribution in [2.75, 3.05) is 13.7 Å². The first-order valence-corrected chi connectivity index (χ1v) is 11.4. The van der Waals surface area contributed by atoms with Gasteiger partial charge >= 0.3 is 0 Å². The van der Waals surface area contributed by atoms with E-state index in [-0.39, 0.29) is 17.8 Å². The van der Waals surface area contributed by atoms with Crippen molar-refractivity contribution < 1.29 is 19.1 Å². The van der Waals surface area contributed by atoms with Crippen molar-refractivity contribution in [3.63, 3.8) is 0 Å². The molecule has 0 aromatic heterocycles. The summed E-state index contributed by atoms with van der Waals surface area (Å²) in [4.78, 5) is 26.1. The molecule has 2 amide bonds. The van der Waals surface area contributed by atoms with Gasteiger partial charge in [-0.3, -0.25) is 14.5 Å². The first kappa shape index (κ1) is 23.0. The monoisotopic (exact) mass is 529 g/mol. The van der Waals surface area contributed by atoms with E-state index in [1.807, 2.05) is 13.0 Å². The van der Waals surface area contributed by atoms with E-state index in [1.165, 1.54) is 12.0 Å². The number of imide groups is 1. The first-order valence-electron chi connectivity index (χ1n) is 9.03. The van der Waals surface area contributed by atoms with Crippen LogP contribution in [0.5, 0.6) is 11.5 Å². The van der Waals surface area contributed by atoms with Gasteiger partial charge < -0.3 is 9.47 Å². The highest BCUT2D eigenvalue weighted by atomic mass is 79.9. The maximum absolute atomic E-state index is 12.5. The highest BCUT2D eigenvalue weighted by Crippen LogP contribution is 2.39. The Morgan fingerprint density at radius 2 is 1.93 bits per heavy atom. The lowest BCUT2D eigenvalue weighted by Gasteiger charge is -2.14. The molecule has 9 heteroatoms. The van der Waals surface area contributed by atoms with Gasteiger partial charge in [0.15, 0.2) is 11.5 Å². The lowest BCUT2D eigenvalue weighted by molar-refractivity contribution is -0.122. The first-order chi connectivity index (χ1) is 14.3. The van der Waals surface area contributed by atoms with Gasteiger partial charge in [-0.25, -0.2) is 0 Å². The van der Waals surface area contributed by atoms with Crippen molar-refractivity contribution in [2.45, 2.75) is 20.0 Å². The molecule has 2 aromatic rings. The number of hydrogen-bond acceptors (Lipinski definition) is 5. The van der Waals surface area contributed by atoms with Crippen LogP contribution in [0.4, 0.5) is 4.79 Å². The van der Waals surface area contributed by atoms with Crippen LogP contribution in [0.25, 0.3) is 6.08 Å². The van der Waals surface area contributed by atoms with E-state index in [0.29, 0.717) is 43.0 Å². The number of carbonyl (C=O) groups is 2. The fraction of sp³-hybridized carbons (Fsp3) is 0.238. The number of hydrogen-bond donors (Lipinski definition) is 0. The fourth-order valence-corrected chi connectivity index (χ4v) is 4.58. The standard InChI is InChI=1S/C21H18BrCl2NO4S/c1-3-6-25-20(26)18(30-21(25)27)10-13-7-14(22)19(17(9-13)28-2)29-11-12-4-5-15(23)16(24)8-12/h4-5,7-10H,3,6,11H2,1-2H3/b18-10+. The summed E-state index contributed by atoms with van der Waals surface area (Å²) in [7, 11) is 1.53. The summed E-state index contributed by atoms with van der Waals surface area (Å²) in [6.45, 7) is 2.60. The molecule has 0 radical (unpaired) electrons. The summed E-state index contributed by atoms with van der Waals surface area (Å²) in [5.41, 5.74) is 1.56. The van der Waals surface area contributed by atoms with E-state index < -0.39 is 0 Å². The zero-order valence-electron chi connectivity index (χ0n) is 16.2. The number of methoxy groups -OCH3 is 1. The Kier molecular flexibility index (Phi) is 7.74. The molecule has 1 aliphatic heterocycles. The van der Waals surface area contributed by atoms with Crippen molar-refractivity contribution in [3.8, 4) is 11.5 Å². The van der Waals surface area contributed by atoms with Gasteiger partial charge in [0.1, 0.15) is 6.61 Å². The third kappa shape index (κ3) is 5.14. The van der Waals surface area contributed by atoms with E-state index in [1.54, 1.807) is 30.3 Å². The summed E-state index contributed by atoms with van der Waals surface area (Å²) in [6.07, 6.45) is 2.39. The molecule has 1 saturated heterocycles. The number of nitrogens with zero attached hydrogens (tertiary/aromatic N) is 1. The molecular formula is C21H18BrCl2NO4S. The second-order valence-electron chi connectivity index (χ2n) is 6.40. The molecule has 158 valence electrons. The van der Waals surface area contributed by atoms with Crippen LogP contribution in [0.2, 0.25) is 10.0 Å². The summed E-state index contributed by atoms with van der Waals surface area (Å²) in [5.74, 6) is 0.727. The van der Waals surface area contributed by atoms with Gasteiger partial charge in [0.05, 0.1) is 26.5 Å². The van der Waals surface area contributed by atoms with Crippen LogP contribution in [0.3, 0.4) is 0 Å². The van der Waals surface area contributed by atoms with Crippen LogP contribution in [0.15, 0.2) is 39.7 Å². The summed E-state index contributed by atoms with van der Waals surface area (Å²) >= 11 is 16.4. The van der Waals surface area contributed by atoms with Crippen LogP contribution in [-0.4, -0.2) is 29.7 Å². The van der Waals surface area contributed by atoms with Crippen molar-refractivity contribution in [3.05, 3.63) is 60.9 Å². The molecule has 1 heterocycles. The van der Waals surface area contributed by atoms with Crippen LogP contribution in [-0.2, 0) is 11.4 Å². The van der Waals surface area contributed by atoms with Crippen molar-refractivity contribution in [1.82, 2.24) is 4.90 Å². The molecule has 0 atom stereocenters. The molecule has 0 saturated carbocycles. The molecule has 0 spiro atoms. The Bertz CT molecular complexity index is 1030. The fourth-order valence-electron chi connectivity index (χ4n) is 2.82. The highest BCUT2D eigenvalue weighted by molar-refractivity contribution is 9.10. The number of rotatable bonds is 7. The maximum Gasteiger partial charge on any atom is 0.293 e. The molecule has 0 bridgehead atoms. The third-order valence-electron chi connectivity index (χ3n) is 4.24. The molecular weight excluding hydrogens is 513 g/mol. The van der Waals surface area contributed by atoms with Gasteiger partial charge in [0.25, 0.3) is 11.1 Å². The predicted molar refractivity (Wildman–Crippen MR) is 124 cm³/mol. The van der Waals surface area contributed by atoms with Gasteiger partial charge in [-0.05, 0) is 75.6 Å². The second kappa shape index (κ2) is 10.1. The number of carbonyl (C=O) groups excluding carboxylic acids is 2. The van der Waals surface area contributed by atoms with E-state index in [9.17, 15) is 9.59 Å². The zero-order chi connectivity index (χ0) is 21.8. The Hall–Kier alpha value is -1.67. The molecule has 2 aromatic carbocycles. The minimum Gasteiger partial charge on any atom is -0.493 e. The predicted octanol–water partition coefficient (Wildman–Crippen LogP) is 6.79. The number of halogens is 3. The molecule has 1 aliphatic rings. The normalized spacial score (nSPS) is 15.2. The number of ether oxygens (including phenoxy) is 2. The molecule has 3 rings (SSSR count). The van der Waals surface area contributed by atoms with Crippen LogP contribution < -0.4 is 9.47 Å². The zero-order valence-corrected chi connectivity index (χ0v) is 20.1. The quantitative estimate of drug-likeness (QED) is 0.369. The van der Waals surface area contributed by atoms with Crippen molar-refractivity contribution in [1.29, 1.82) is 0 Å². The summed E-state index contributed by atoms with van der Waals surface area (Å²) < 4.78 is 12.0. The summed E-state index contributed by atoms with van der Waals surface area (Å²) in [5, 5.41) is 0.684. The molecule has 1 fully saturated rings. The van der Waals surface area contributed by atoms with Gasteiger partial charge in [0.2, 0.25) is 0 Å². The Morgan fingerprint density at radius 3 is 2.60 bits per heavy atom. The van der Waals surface area contributed by atoms with Gasteiger partial charge in [0, 0.05) is 6.54 Å². The molecule has 5 nitrogen and oxygen atoms in total. The van der Waals surface area contributed by atoms with Crippen molar-refractivity contribution >= 4 is 68.1 Å². The second-order valence-corrected chi connectivity index (χ2v) is 9.07. The smallest absolute Gasteiger partial charge is 0.293 e. The van der Waals surface area contributed by atoms with Crippen LogP contribution >= 0.6 is 50.9 Å². The van der Waals surface area contributed by atoms with E-state index in [0.717, 1.165) is 23.7 Å². The van der Waals surface area contributed by atoms with Gasteiger partial charge in [-0.2, -0.15) is 0 Å². The van der Waals surface area contributed by atoms with E-state index >= 15 is 0 Å².